The fourth-order valence-corrected chi connectivity index (χ4v) is 11.2. The number of rotatable bonds is 20. The van der Waals surface area contributed by atoms with Crippen molar-refractivity contribution in [3.63, 3.8) is 0 Å². The van der Waals surface area contributed by atoms with Crippen molar-refractivity contribution >= 4 is 51.7 Å². The normalized spacial score (nSPS) is 25.2. The smallest absolute Gasteiger partial charge is 0.303 e. The molecule has 96 heavy (non-hydrogen) atoms. The number of ether oxygens (including phenoxy) is 9. The number of nitrogens with zero attached hydrogens (tertiary/aromatic N) is 9. The molecule has 15 atom stereocenters. The lowest BCUT2D eigenvalue weighted by Crippen LogP contribution is -2.59. The summed E-state index contributed by atoms with van der Waals surface area (Å²) in [6.45, 7) is 20.9. The average Bonchev–Trinajstić information content (AvgIpc) is 1.29. The van der Waals surface area contributed by atoms with E-state index in [2.05, 4.69) is 123 Å². The van der Waals surface area contributed by atoms with E-state index in [1.807, 2.05) is 38.1 Å². The van der Waals surface area contributed by atoms with Gasteiger partial charge in [0, 0.05) is 59.7 Å². The van der Waals surface area contributed by atoms with E-state index in [0.717, 1.165) is 36.1 Å². The quantitative estimate of drug-likeness (QED) is 0.0382. The first-order valence-corrected chi connectivity index (χ1v) is 33.0. The minimum absolute atomic E-state index is 0.449. The highest BCUT2D eigenvalue weighted by atomic mass is 79.9. The van der Waals surface area contributed by atoms with Gasteiger partial charge in [0.05, 0.1) is 41.8 Å². The van der Waals surface area contributed by atoms with Crippen LogP contribution < -0.4 is 0 Å². The molecule has 0 spiro atoms. The predicted molar refractivity (Wildman–Crippen MR) is 346 cm³/mol. The van der Waals surface area contributed by atoms with Crippen LogP contribution in [0.5, 0.6) is 0 Å². The molecule has 3 aromatic heterocycles. The summed E-state index contributed by atoms with van der Waals surface area (Å²) in [5.41, 5.74) is 10.2. The number of hydrogen-bond donors (Lipinski definition) is 4. The summed E-state index contributed by atoms with van der Waals surface area (Å²) in [7, 11) is 0. The number of aliphatic hydroxyl groups excluding tert-OH is 4. The minimum Gasteiger partial charge on any atom is -0.456 e. The second kappa shape index (κ2) is 37.0. The van der Waals surface area contributed by atoms with Crippen molar-refractivity contribution in [1.29, 1.82) is 0 Å². The number of hydrogen-bond acceptors (Lipinski definition) is 25. The highest BCUT2D eigenvalue weighted by Gasteiger charge is 2.54. The van der Waals surface area contributed by atoms with Gasteiger partial charge in [0.1, 0.15) is 36.6 Å². The number of halogens is 1. The maximum absolute atomic E-state index is 11.9. The van der Waals surface area contributed by atoms with E-state index < -0.39 is 134 Å². The van der Waals surface area contributed by atoms with Gasteiger partial charge >= 0.3 is 35.8 Å². The molecular weight excluding hydrogens is 1310 g/mol. The lowest BCUT2D eigenvalue weighted by molar-refractivity contribution is -0.265. The molecule has 28 nitrogen and oxygen atoms in total. The van der Waals surface area contributed by atoms with Gasteiger partial charge in [-0.15, -0.1) is 15.3 Å². The topological polar surface area (TPSA) is 359 Å². The number of carbonyl (C=O) groups is 6. The highest BCUT2D eigenvalue weighted by Crippen LogP contribution is 2.38. The first-order valence-electron chi connectivity index (χ1n) is 31.9. The van der Waals surface area contributed by atoms with Gasteiger partial charge in [-0.2, -0.15) is 0 Å². The molecule has 0 bridgehead atoms. The van der Waals surface area contributed by atoms with Crippen molar-refractivity contribution in [3.05, 3.63) is 141 Å². The van der Waals surface area contributed by atoms with Gasteiger partial charge in [0.2, 0.25) is 0 Å². The molecule has 0 amide bonds. The molecule has 0 radical (unpaired) electrons. The molecule has 0 aliphatic carbocycles. The standard InChI is InChI=1S/C24H31N3O7.C18H25N3O5.C16H22BrN3O7.C9H12/c1-6-17-8-10-18(11-9-17)12-19-13-27(26-25-19)24-23(33-16(5)30)22(32-15(4)29)21(31-14(3)28)20(7-2)34-24;1-3-11-4-6-12(7-5-11)8-13-10(2)21(20-19-13)18-17(25)16(24)15(23)14(9-22)26-18;1-5-12-13(24-8(2)21)14(25-9(3)22)15(26-10(4)23)16(27-12)20-7-11(6-17)18-19-20;1-3-9-6-4-8(2)5-7-9/h8-11,13,20-24H,6-7,12H2,1-5H3;4-7,14-18,22-25H,3,8-9H2,1-2H3;7,12-16H,5-6H2,1-4H3;4-7H,3H2,1-2H3/t20-,21-,22+,23-,24?;14-,15-,16+,17-,18?;12-,13-,14+,15-,16?;/m111./s1. The van der Waals surface area contributed by atoms with Crippen molar-refractivity contribution in [2.45, 2.75) is 232 Å². The van der Waals surface area contributed by atoms with Gasteiger partial charge in [-0.25, -0.2) is 14.0 Å². The third-order valence-corrected chi connectivity index (χ3v) is 16.5. The number of aromatic nitrogens is 9. The lowest BCUT2D eigenvalue weighted by atomic mass is 9.95. The van der Waals surface area contributed by atoms with Crippen LogP contribution in [-0.4, -0.2) is 181 Å². The third kappa shape index (κ3) is 21.3. The molecule has 6 aromatic rings. The van der Waals surface area contributed by atoms with E-state index in [-0.39, 0.29) is 0 Å². The second-order valence-electron chi connectivity index (χ2n) is 23.2. The summed E-state index contributed by atoms with van der Waals surface area (Å²) >= 11 is 3.29. The molecule has 3 saturated heterocycles. The maximum Gasteiger partial charge on any atom is 0.303 e. The number of benzene rings is 3. The van der Waals surface area contributed by atoms with Gasteiger partial charge in [0.15, 0.2) is 55.3 Å². The van der Waals surface area contributed by atoms with E-state index in [1.165, 1.54) is 77.8 Å². The van der Waals surface area contributed by atoms with E-state index in [4.69, 9.17) is 42.6 Å². The van der Waals surface area contributed by atoms with Crippen LogP contribution in [0.3, 0.4) is 0 Å². The Morgan fingerprint density at radius 3 is 1.20 bits per heavy atom. The molecule has 3 unspecified atom stereocenters. The van der Waals surface area contributed by atoms with Crippen molar-refractivity contribution in [2.75, 3.05) is 6.61 Å². The van der Waals surface area contributed by atoms with Crippen LogP contribution in [0, 0.1) is 13.8 Å². The Morgan fingerprint density at radius 1 is 0.448 bits per heavy atom. The first kappa shape index (κ1) is 77.1. The molecule has 9 rings (SSSR count). The minimum atomic E-state index is -1.44. The maximum atomic E-state index is 11.9. The van der Waals surface area contributed by atoms with E-state index in [1.54, 1.807) is 19.3 Å². The van der Waals surface area contributed by atoms with Crippen molar-refractivity contribution in [3.8, 4) is 0 Å². The fourth-order valence-electron chi connectivity index (χ4n) is 10.9. The predicted octanol–water partition coefficient (Wildman–Crippen LogP) is 6.08. The Bertz CT molecular complexity index is 3460. The van der Waals surface area contributed by atoms with Crippen molar-refractivity contribution in [1.82, 2.24) is 45.0 Å². The molecule has 29 heteroatoms. The molecule has 3 fully saturated rings. The third-order valence-electron chi connectivity index (χ3n) is 15.9. The molecule has 3 aromatic carbocycles. The molecule has 6 heterocycles. The lowest BCUT2D eigenvalue weighted by Gasteiger charge is -2.44. The monoisotopic (exact) mass is 1400 g/mol. The van der Waals surface area contributed by atoms with Gasteiger partial charge < -0.3 is 63.1 Å². The van der Waals surface area contributed by atoms with Crippen LogP contribution in [0.4, 0.5) is 0 Å². The molecule has 0 saturated carbocycles. The van der Waals surface area contributed by atoms with Gasteiger partial charge in [-0.1, -0.05) is 145 Å². The Labute approximate surface area is 566 Å². The Kier molecular flexibility index (Phi) is 29.7. The van der Waals surface area contributed by atoms with Gasteiger partial charge in [-0.05, 0) is 73.8 Å². The largest absolute Gasteiger partial charge is 0.456 e. The molecular formula is C67H90BrN9O19. The molecule has 3 aliphatic rings. The average molecular weight is 1410 g/mol. The zero-order valence-electron chi connectivity index (χ0n) is 56.4. The van der Waals surface area contributed by atoms with Crippen LogP contribution in [0.25, 0.3) is 0 Å². The fraction of sp³-hybridized carbons (Fsp3) is 0.552. The zero-order valence-corrected chi connectivity index (χ0v) is 58.0. The summed E-state index contributed by atoms with van der Waals surface area (Å²) in [6, 6.07) is 25.1. The molecule has 524 valence electrons. The highest BCUT2D eigenvalue weighted by molar-refractivity contribution is 9.08. The van der Waals surface area contributed by atoms with E-state index >= 15 is 0 Å². The van der Waals surface area contributed by atoms with Crippen molar-refractivity contribution in [2.24, 2.45) is 0 Å². The summed E-state index contributed by atoms with van der Waals surface area (Å²) in [4.78, 5) is 70.5. The van der Waals surface area contributed by atoms with E-state index in [9.17, 15) is 49.2 Å². The van der Waals surface area contributed by atoms with Gasteiger partial charge in [0.25, 0.3) is 0 Å². The number of aryl methyl sites for hydroxylation is 4. The van der Waals surface area contributed by atoms with Crippen LogP contribution in [-0.2, 0) is 109 Å². The summed E-state index contributed by atoms with van der Waals surface area (Å²) in [5.74, 6) is -3.57. The number of alkyl halides is 1. The number of esters is 6. The van der Waals surface area contributed by atoms with Gasteiger partial charge in [-0.3, -0.25) is 28.8 Å². The first-order chi connectivity index (χ1) is 45.8. The van der Waals surface area contributed by atoms with Crippen molar-refractivity contribution < 1.29 is 91.8 Å². The summed E-state index contributed by atoms with van der Waals surface area (Å²) < 4.78 is 54.5. The van der Waals surface area contributed by atoms with E-state index in [0.29, 0.717) is 48.1 Å². The van der Waals surface area contributed by atoms with Crippen LogP contribution in [0.15, 0.2) is 85.2 Å². The zero-order chi connectivity index (χ0) is 70.5. The SMILES string of the molecule is CC[C@H]1OC(n2cc(CBr)nn2)[C@H](OC(C)=O)[C@@H](OC(C)=O)[C@@H]1OC(C)=O.CCc1ccc(C)cc1.CCc1ccc(Cc2cn(C3O[C@H](CC)[C@@H](OC(C)=O)[C@H](OC(C)=O)[C@H]3OC(C)=O)nn2)cc1.CCc1ccc(Cc2nnn(C3O[C@H](CO)[C@@H](O)[C@H](O)[C@H]3O)c2C)cc1. The van der Waals surface area contributed by atoms with Crippen LogP contribution in [0.2, 0.25) is 0 Å². The number of aliphatic hydroxyl groups is 4. The molecule has 3 aliphatic heterocycles. The Hall–Kier alpha value is -7.90. The summed E-state index contributed by atoms with van der Waals surface area (Å²) in [5, 5.41) is 64.6. The number of carbonyl (C=O) groups excluding carboxylic acids is 6. The van der Waals surface area contributed by atoms with Crippen LogP contribution in [0.1, 0.15) is 164 Å². The molecule has 4 N–H and O–H groups in total. The Morgan fingerprint density at radius 2 is 0.812 bits per heavy atom. The Balaban J connectivity index is 0.000000215. The van der Waals surface area contributed by atoms with Crippen LogP contribution >= 0.6 is 15.9 Å². The second-order valence-corrected chi connectivity index (χ2v) is 23.8. The summed E-state index contributed by atoms with van der Waals surface area (Å²) in [6.07, 6.45) is -7.08.